The van der Waals surface area contributed by atoms with Gasteiger partial charge in [-0.05, 0) is 19.2 Å². The fraction of sp³-hybridized carbons (Fsp3) is 0.250. The maximum absolute atomic E-state index is 11.1. The van der Waals surface area contributed by atoms with Crippen molar-refractivity contribution in [2.75, 3.05) is 13.6 Å². The highest BCUT2D eigenvalue weighted by Gasteiger charge is 2.03. The van der Waals surface area contributed by atoms with E-state index in [1.54, 1.807) is 18.2 Å². The maximum atomic E-state index is 11.1. The van der Waals surface area contributed by atoms with Crippen LogP contribution in [0, 0.1) is 11.8 Å². The Balaban J connectivity index is 2.83. The van der Waals surface area contributed by atoms with Gasteiger partial charge < -0.3 is 11.1 Å². The van der Waals surface area contributed by atoms with Gasteiger partial charge in [0.15, 0.2) is 0 Å². The van der Waals surface area contributed by atoms with E-state index in [1.807, 2.05) is 13.1 Å². The minimum absolute atomic E-state index is 0.437. The first-order valence-corrected chi connectivity index (χ1v) is 4.78. The van der Waals surface area contributed by atoms with Gasteiger partial charge >= 0.3 is 0 Å². The molecule has 0 spiro atoms. The largest absolute Gasteiger partial charge is 0.366 e. The number of amides is 1. The van der Waals surface area contributed by atoms with Crippen molar-refractivity contribution in [3.63, 3.8) is 0 Å². The highest BCUT2D eigenvalue weighted by molar-refractivity contribution is 5.95. The van der Waals surface area contributed by atoms with E-state index >= 15 is 0 Å². The van der Waals surface area contributed by atoms with Crippen LogP contribution in [0.25, 0.3) is 0 Å². The van der Waals surface area contributed by atoms with E-state index in [-0.39, 0.29) is 0 Å². The number of benzene rings is 1. The smallest absolute Gasteiger partial charge is 0.249 e. The standard InChI is InChI=1S/C12H14N2O/c1-14-9-5-4-7-10-6-2-3-8-11(10)12(13)15/h2-3,6,8,14H,5,9H2,1H3,(H2,13,15). The number of carbonyl (C=O) groups is 1. The SMILES string of the molecule is CNCCC#Cc1ccccc1C(N)=O. The summed E-state index contributed by atoms with van der Waals surface area (Å²) in [5.41, 5.74) is 6.40. The molecule has 0 atom stereocenters. The summed E-state index contributed by atoms with van der Waals surface area (Å²) in [7, 11) is 1.87. The molecule has 0 heterocycles. The summed E-state index contributed by atoms with van der Waals surface area (Å²) in [6, 6.07) is 7.10. The van der Waals surface area contributed by atoms with Gasteiger partial charge in [-0.15, -0.1) is 0 Å². The van der Waals surface area contributed by atoms with E-state index in [1.165, 1.54) is 0 Å². The van der Waals surface area contributed by atoms with Crippen LogP contribution in [0.2, 0.25) is 0 Å². The monoisotopic (exact) mass is 202 g/mol. The summed E-state index contributed by atoms with van der Waals surface area (Å²) in [4.78, 5) is 11.1. The lowest BCUT2D eigenvalue weighted by molar-refractivity contribution is 0.1000. The number of rotatable bonds is 3. The Hall–Kier alpha value is -1.79. The van der Waals surface area contributed by atoms with Crippen LogP contribution >= 0.6 is 0 Å². The van der Waals surface area contributed by atoms with Crippen molar-refractivity contribution in [2.24, 2.45) is 5.73 Å². The van der Waals surface area contributed by atoms with E-state index in [0.717, 1.165) is 13.0 Å². The number of primary amides is 1. The van der Waals surface area contributed by atoms with Crippen LogP contribution in [-0.2, 0) is 0 Å². The van der Waals surface area contributed by atoms with Gasteiger partial charge in [-0.25, -0.2) is 0 Å². The molecule has 0 aliphatic rings. The Kier molecular flexibility index (Phi) is 4.39. The van der Waals surface area contributed by atoms with Gasteiger partial charge in [-0.2, -0.15) is 0 Å². The van der Waals surface area contributed by atoms with Gasteiger partial charge in [0, 0.05) is 18.5 Å². The summed E-state index contributed by atoms with van der Waals surface area (Å²) in [6.45, 7) is 0.839. The average Bonchev–Trinajstić information content (AvgIpc) is 2.25. The van der Waals surface area contributed by atoms with Crippen molar-refractivity contribution in [1.29, 1.82) is 0 Å². The molecule has 15 heavy (non-hydrogen) atoms. The van der Waals surface area contributed by atoms with Crippen molar-refractivity contribution in [1.82, 2.24) is 5.32 Å². The Bertz CT molecular complexity index is 402. The molecule has 0 saturated heterocycles. The Morgan fingerprint density at radius 3 is 2.87 bits per heavy atom. The zero-order valence-corrected chi connectivity index (χ0v) is 8.71. The Labute approximate surface area is 89.7 Å². The fourth-order valence-electron chi connectivity index (χ4n) is 1.15. The molecular formula is C12H14N2O. The summed E-state index contributed by atoms with van der Waals surface area (Å²) in [6.07, 6.45) is 0.754. The molecule has 1 amide bonds. The highest BCUT2D eigenvalue weighted by atomic mass is 16.1. The van der Waals surface area contributed by atoms with Gasteiger partial charge in [0.05, 0.1) is 5.56 Å². The third-order valence-corrected chi connectivity index (χ3v) is 1.92. The second-order valence-electron chi connectivity index (χ2n) is 3.07. The molecule has 0 aliphatic carbocycles. The molecule has 1 aromatic rings. The Morgan fingerprint density at radius 1 is 1.47 bits per heavy atom. The molecule has 3 N–H and O–H groups in total. The van der Waals surface area contributed by atoms with Crippen LogP contribution in [-0.4, -0.2) is 19.5 Å². The van der Waals surface area contributed by atoms with Crippen LogP contribution in [0.5, 0.6) is 0 Å². The zero-order chi connectivity index (χ0) is 11.1. The molecule has 3 heteroatoms. The van der Waals surface area contributed by atoms with Crippen molar-refractivity contribution in [2.45, 2.75) is 6.42 Å². The molecular weight excluding hydrogens is 188 g/mol. The molecule has 0 saturated carbocycles. The first-order valence-electron chi connectivity index (χ1n) is 4.78. The van der Waals surface area contributed by atoms with E-state index < -0.39 is 5.91 Å². The third kappa shape index (κ3) is 3.45. The lowest BCUT2D eigenvalue weighted by Crippen LogP contribution is -2.12. The van der Waals surface area contributed by atoms with Crippen molar-refractivity contribution < 1.29 is 4.79 Å². The highest BCUT2D eigenvalue weighted by Crippen LogP contribution is 2.05. The molecule has 0 fully saturated rings. The summed E-state index contributed by atoms with van der Waals surface area (Å²) in [5.74, 6) is 5.48. The fourth-order valence-corrected chi connectivity index (χ4v) is 1.15. The van der Waals surface area contributed by atoms with Crippen LogP contribution in [0.1, 0.15) is 22.3 Å². The van der Waals surface area contributed by atoms with Crippen LogP contribution in [0.15, 0.2) is 24.3 Å². The molecule has 0 aromatic heterocycles. The molecule has 0 radical (unpaired) electrons. The second-order valence-corrected chi connectivity index (χ2v) is 3.07. The molecule has 0 aliphatic heterocycles. The second kappa shape index (κ2) is 5.84. The van der Waals surface area contributed by atoms with Crippen molar-refractivity contribution in [3.8, 4) is 11.8 Å². The van der Waals surface area contributed by atoms with Gasteiger partial charge in [0.25, 0.3) is 0 Å². The molecule has 78 valence electrons. The van der Waals surface area contributed by atoms with Crippen molar-refractivity contribution in [3.05, 3.63) is 35.4 Å². The van der Waals surface area contributed by atoms with E-state index in [4.69, 9.17) is 5.73 Å². The molecule has 0 unspecified atom stereocenters. The summed E-state index contributed by atoms with van der Waals surface area (Å²) >= 11 is 0. The zero-order valence-electron chi connectivity index (χ0n) is 8.71. The minimum Gasteiger partial charge on any atom is -0.366 e. The van der Waals surface area contributed by atoms with E-state index in [9.17, 15) is 4.79 Å². The maximum Gasteiger partial charge on any atom is 0.249 e. The predicted octanol–water partition coefficient (Wildman–Crippen LogP) is 0.747. The first kappa shape index (κ1) is 11.3. The van der Waals surface area contributed by atoms with Crippen LogP contribution in [0.4, 0.5) is 0 Å². The van der Waals surface area contributed by atoms with Gasteiger partial charge in [0.2, 0.25) is 5.91 Å². The van der Waals surface area contributed by atoms with Crippen LogP contribution < -0.4 is 11.1 Å². The van der Waals surface area contributed by atoms with Crippen LogP contribution in [0.3, 0.4) is 0 Å². The van der Waals surface area contributed by atoms with Gasteiger partial charge in [-0.1, -0.05) is 24.0 Å². The van der Waals surface area contributed by atoms with E-state index in [2.05, 4.69) is 17.2 Å². The Morgan fingerprint density at radius 2 is 2.20 bits per heavy atom. The lowest BCUT2D eigenvalue weighted by atomic mass is 10.1. The first-order chi connectivity index (χ1) is 7.25. The third-order valence-electron chi connectivity index (χ3n) is 1.92. The number of hydrogen-bond acceptors (Lipinski definition) is 2. The van der Waals surface area contributed by atoms with E-state index in [0.29, 0.717) is 11.1 Å². The van der Waals surface area contributed by atoms with Gasteiger partial charge in [-0.3, -0.25) is 4.79 Å². The topological polar surface area (TPSA) is 55.1 Å². The number of nitrogens with one attached hydrogen (secondary N) is 1. The predicted molar refractivity (Wildman–Crippen MR) is 60.4 cm³/mol. The normalized spacial score (nSPS) is 9.13. The van der Waals surface area contributed by atoms with Gasteiger partial charge in [0.1, 0.15) is 0 Å². The number of nitrogens with two attached hydrogens (primary N) is 1. The molecule has 0 bridgehead atoms. The van der Waals surface area contributed by atoms with Crippen molar-refractivity contribution >= 4 is 5.91 Å². The molecule has 1 rings (SSSR count). The summed E-state index contributed by atoms with van der Waals surface area (Å²) in [5, 5.41) is 3.00. The number of hydrogen-bond donors (Lipinski definition) is 2. The molecule has 1 aromatic carbocycles. The number of carbonyl (C=O) groups excluding carboxylic acids is 1. The minimum atomic E-state index is -0.437. The summed E-state index contributed by atoms with van der Waals surface area (Å²) < 4.78 is 0. The lowest BCUT2D eigenvalue weighted by Gasteiger charge is -1.98. The molecule has 3 nitrogen and oxygen atoms in total. The average molecular weight is 202 g/mol. The quantitative estimate of drug-likeness (QED) is 0.561.